The Morgan fingerprint density at radius 1 is 1.16 bits per heavy atom. The van der Waals surface area contributed by atoms with E-state index in [2.05, 4.69) is 38.0 Å². The lowest BCUT2D eigenvalue weighted by Gasteiger charge is -2.17. The number of thioether (sulfide) groups is 1. The van der Waals surface area contributed by atoms with Crippen LogP contribution in [0.2, 0.25) is 10.0 Å². The number of halogens is 3. The second-order valence-corrected chi connectivity index (χ2v) is 8.04. The van der Waals surface area contributed by atoms with E-state index in [-0.39, 0.29) is 6.10 Å². The van der Waals surface area contributed by atoms with E-state index in [1.807, 2.05) is 24.3 Å². The van der Waals surface area contributed by atoms with Crippen molar-refractivity contribution in [3.8, 4) is 0 Å². The van der Waals surface area contributed by atoms with Gasteiger partial charge in [-0.05, 0) is 42.0 Å². The molecule has 7 heteroatoms. The van der Waals surface area contributed by atoms with E-state index in [1.54, 1.807) is 30.2 Å². The van der Waals surface area contributed by atoms with Gasteiger partial charge in [0.25, 0.3) is 0 Å². The fourth-order valence-electron chi connectivity index (χ4n) is 2.29. The molecular weight excluding hydrogens is 443 g/mol. The monoisotopic (exact) mass is 456 g/mol. The maximum absolute atomic E-state index is 6.30. The molecule has 0 amide bonds. The Labute approximate surface area is 169 Å². The molecule has 3 nitrogen and oxygen atoms in total. The van der Waals surface area contributed by atoms with Gasteiger partial charge in [0.1, 0.15) is 11.9 Å². The molecule has 25 heavy (non-hydrogen) atoms. The van der Waals surface area contributed by atoms with Gasteiger partial charge in [-0.2, -0.15) is 0 Å². The standard InChI is InChI=1S/C18H15BrCl2N2OS/c19-13-2-5-15(6-3-13)25-11-24-17(18-22-7-8-23-18)9-12-1-4-14(20)10-16(12)21/h1-8,10,17H,9,11H2,(H,22,23). The number of rotatable bonds is 7. The van der Waals surface area contributed by atoms with Gasteiger partial charge in [0.15, 0.2) is 0 Å². The smallest absolute Gasteiger partial charge is 0.135 e. The Morgan fingerprint density at radius 2 is 1.96 bits per heavy atom. The number of hydrogen-bond acceptors (Lipinski definition) is 3. The molecule has 0 aliphatic heterocycles. The zero-order chi connectivity index (χ0) is 17.6. The SMILES string of the molecule is Clc1ccc(CC(OCSc2ccc(Br)cc2)c2ncc[nH]2)c(Cl)c1. The van der Waals surface area contributed by atoms with Crippen LogP contribution in [-0.2, 0) is 11.2 Å². The van der Waals surface area contributed by atoms with E-state index in [0.29, 0.717) is 22.4 Å². The maximum Gasteiger partial charge on any atom is 0.135 e. The Hall–Kier alpha value is -0.980. The molecule has 130 valence electrons. The minimum atomic E-state index is -0.211. The minimum Gasteiger partial charge on any atom is -0.359 e. The Bertz CT molecular complexity index is 812. The summed E-state index contributed by atoms with van der Waals surface area (Å²) in [5.41, 5.74) is 0.973. The highest BCUT2D eigenvalue weighted by Gasteiger charge is 2.17. The van der Waals surface area contributed by atoms with Crippen LogP contribution in [0.3, 0.4) is 0 Å². The van der Waals surface area contributed by atoms with Crippen LogP contribution in [0.1, 0.15) is 17.5 Å². The zero-order valence-corrected chi connectivity index (χ0v) is 17.0. The van der Waals surface area contributed by atoms with E-state index in [9.17, 15) is 0 Å². The van der Waals surface area contributed by atoms with Crippen LogP contribution in [0.5, 0.6) is 0 Å². The number of nitrogens with one attached hydrogen (secondary N) is 1. The molecule has 1 unspecified atom stereocenters. The highest BCUT2D eigenvalue weighted by Crippen LogP contribution is 2.29. The number of aromatic nitrogens is 2. The molecule has 3 aromatic rings. The zero-order valence-electron chi connectivity index (χ0n) is 13.1. The van der Waals surface area contributed by atoms with Gasteiger partial charge in [-0.25, -0.2) is 4.98 Å². The molecule has 0 spiro atoms. The van der Waals surface area contributed by atoms with Crippen LogP contribution in [0.25, 0.3) is 0 Å². The predicted octanol–water partition coefficient (Wildman–Crippen LogP) is 6.53. The van der Waals surface area contributed by atoms with Gasteiger partial charge in [0.05, 0.1) is 5.94 Å². The van der Waals surface area contributed by atoms with Crippen molar-refractivity contribution in [2.24, 2.45) is 0 Å². The van der Waals surface area contributed by atoms with E-state index in [0.717, 1.165) is 20.8 Å². The van der Waals surface area contributed by atoms with Crippen LogP contribution >= 0.6 is 50.9 Å². The molecule has 0 aliphatic rings. The molecule has 2 aromatic carbocycles. The summed E-state index contributed by atoms with van der Waals surface area (Å²) < 4.78 is 7.13. The summed E-state index contributed by atoms with van der Waals surface area (Å²) in [5, 5.41) is 1.25. The molecule has 0 saturated carbocycles. The van der Waals surface area contributed by atoms with Crippen molar-refractivity contribution >= 4 is 50.9 Å². The third kappa shape index (κ3) is 5.50. The first-order valence-electron chi connectivity index (χ1n) is 7.55. The van der Waals surface area contributed by atoms with Crippen molar-refractivity contribution in [1.29, 1.82) is 0 Å². The number of imidazole rings is 1. The molecule has 1 heterocycles. The topological polar surface area (TPSA) is 37.9 Å². The van der Waals surface area contributed by atoms with Gasteiger partial charge in [-0.3, -0.25) is 0 Å². The second-order valence-electron chi connectivity index (χ2n) is 5.29. The lowest BCUT2D eigenvalue weighted by molar-refractivity contribution is 0.0843. The van der Waals surface area contributed by atoms with Crippen molar-refractivity contribution in [3.05, 3.63) is 80.8 Å². The van der Waals surface area contributed by atoms with Crippen LogP contribution < -0.4 is 0 Å². The summed E-state index contributed by atoms with van der Waals surface area (Å²) >= 11 is 17.3. The first kappa shape index (κ1) is 18.8. The van der Waals surface area contributed by atoms with Crippen LogP contribution in [0.4, 0.5) is 0 Å². The lowest BCUT2D eigenvalue weighted by atomic mass is 10.1. The van der Waals surface area contributed by atoms with E-state index >= 15 is 0 Å². The van der Waals surface area contributed by atoms with Crippen molar-refractivity contribution < 1.29 is 4.74 Å². The fourth-order valence-corrected chi connectivity index (χ4v) is 3.74. The van der Waals surface area contributed by atoms with E-state index in [1.165, 1.54) is 0 Å². The van der Waals surface area contributed by atoms with Crippen molar-refractivity contribution in [1.82, 2.24) is 9.97 Å². The number of hydrogen-bond donors (Lipinski definition) is 1. The Kier molecular flexibility index (Phi) is 6.84. The molecule has 3 rings (SSSR count). The summed E-state index contributed by atoms with van der Waals surface area (Å²) in [6.07, 6.45) is 3.91. The molecule has 0 saturated heterocycles. The normalized spacial score (nSPS) is 12.3. The predicted molar refractivity (Wildman–Crippen MR) is 107 cm³/mol. The first-order chi connectivity index (χ1) is 12.1. The first-order valence-corrected chi connectivity index (χ1v) is 10.1. The number of nitrogens with zero attached hydrogens (tertiary/aromatic N) is 1. The number of ether oxygens (including phenoxy) is 1. The molecule has 0 aliphatic carbocycles. The minimum absolute atomic E-state index is 0.211. The van der Waals surface area contributed by atoms with Crippen LogP contribution in [0.15, 0.2) is 64.2 Å². The van der Waals surface area contributed by atoms with Gasteiger partial charge in [0, 0.05) is 38.2 Å². The van der Waals surface area contributed by atoms with Gasteiger partial charge in [0.2, 0.25) is 0 Å². The van der Waals surface area contributed by atoms with Gasteiger partial charge < -0.3 is 9.72 Å². The summed E-state index contributed by atoms with van der Waals surface area (Å²) in [5.74, 6) is 1.29. The molecule has 0 fully saturated rings. The van der Waals surface area contributed by atoms with E-state index in [4.69, 9.17) is 27.9 Å². The highest BCUT2D eigenvalue weighted by molar-refractivity contribution is 9.10. The molecule has 1 N–H and O–H groups in total. The molecule has 0 radical (unpaired) electrons. The van der Waals surface area contributed by atoms with Crippen molar-refractivity contribution in [2.75, 3.05) is 5.94 Å². The Morgan fingerprint density at radius 3 is 2.64 bits per heavy atom. The average Bonchev–Trinajstić information content (AvgIpc) is 3.12. The molecule has 1 atom stereocenters. The van der Waals surface area contributed by atoms with Gasteiger partial charge in [-0.15, -0.1) is 0 Å². The third-order valence-electron chi connectivity index (χ3n) is 3.55. The highest BCUT2D eigenvalue weighted by atomic mass is 79.9. The average molecular weight is 458 g/mol. The molecular formula is C18H15BrCl2N2OS. The number of aromatic amines is 1. The molecule has 0 bridgehead atoms. The van der Waals surface area contributed by atoms with Crippen molar-refractivity contribution in [2.45, 2.75) is 17.4 Å². The van der Waals surface area contributed by atoms with Crippen LogP contribution in [0, 0.1) is 0 Å². The van der Waals surface area contributed by atoms with E-state index < -0.39 is 0 Å². The molecule has 1 aromatic heterocycles. The largest absolute Gasteiger partial charge is 0.359 e. The van der Waals surface area contributed by atoms with Gasteiger partial charge in [-0.1, -0.05) is 57.0 Å². The lowest BCUT2D eigenvalue weighted by Crippen LogP contribution is -2.10. The van der Waals surface area contributed by atoms with Crippen LogP contribution in [-0.4, -0.2) is 15.9 Å². The third-order valence-corrected chi connectivity index (χ3v) is 5.53. The summed E-state index contributed by atoms with van der Waals surface area (Å²) in [6, 6.07) is 13.6. The summed E-state index contributed by atoms with van der Waals surface area (Å²) in [6.45, 7) is 0. The second kappa shape index (κ2) is 9.10. The maximum atomic E-state index is 6.30. The van der Waals surface area contributed by atoms with Gasteiger partial charge >= 0.3 is 0 Å². The Balaban J connectivity index is 1.66. The fraction of sp³-hybridized carbons (Fsp3) is 0.167. The number of benzene rings is 2. The summed E-state index contributed by atoms with van der Waals surface area (Å²) in [7, 11) is 0. The number of H-pyrrole nitrogens is 1. The quantitative estimate of drug-likeness (QED) is 0.323. The summed E-state index contributed by atoms with van der Waals surface area (Å²) in [4.78, 5) is 8.60. The van der Waals surface area contributed by atoms with Crippen molar-refractivity contribution in [3.63, 3.8) is 0 Å².